The van der Waals surface area contributed by atoms with Crippen molar-refractivity contribution in [3.05, 3.63) is 17.3 Å². The summed E-state index contributed by atoms with van der Waals surface area (Å²) in [5.74, 6) is 0.814. The third-order valence-electron chi connectivity index (χ3n) is 5.02. The van der Waals surface area contributed by atoms with Crippen molar-refractivity contribution in [1.29, 1.82) is 0 Å². The number of nitrogens with two attached hydrogens (primary N) is 1. The molecule has 0 bridgehead atoms. The maximum atomic E-state index is 12.6. The molecule has 7 heteroatoms. The van der Waals surface area contributed by atoms with Crippen molar-refractivity contribution in [1.82, 2.24) is 15.2 Å². The number of rotatable bonds is 6. The van der Waals surface area contributed by atoms with E-state index in [9.17, 15) is 9.59 Å². The first-order valence-electron chi connectivity index (χ1n) is 8.66. The highest BCUT2D eigenvalue weighted by Crippen LogP contribution is 2.40. The Labute approximate surface area is 142 Å². The van der Waals surface area contributed by atoms with Crippen LogP contribution in [0.15, 0.2) is 4.42 Å². The second kappa shape index (κ2) is 6.20. The first-order chi connectivity index (χ1) is 11.3. The number of aryl methyl sites for hydroxylation is 1. The molecule has 1 saturated carbocycles. The molecule has 1 aliphatic carbocycles. The summed E-state index contributed by atoms with van der Waals surface area (Å²) >= 11 is 0. The van der Waals surface area contributed by atoms with Gasteiger partial charge in [0, 0.05) is 19.0 Å². The minimum atomic E-state index is -0.404. The van der Waals surface area contributed by atoms with Crippen LogP contribution in [0.25, 0.3) is 0 Å². The first kappa shape index (κ1) is 17.0. The molecular formula is C17H26N4O3. The second-order valence-electron chi connectivity index (χ2n) is 7.30. The zero-order chi connectivity index (χ0) is 17.5. The lowest BCUT2D eigenvalue weighted by Gasteiger charge is -2.28. The lowest BCUT2D eigenvalue weighted by Crippen LogP contribution is -2.50. The van der Waals surface area contributed by atoms with Crippen LogP contribution in [-0.2, 0) is 4.79 Å². The smallest absolute Gasteiger partial charge is 0.289 e. The quantitative estimate of drug-likeness (QED) is 0.817. The molecule has 2 fully saturated rings. The van der Waals surface area contributed by atoms with E-state index in [0.29, 0.717) is 36.2 Å². The van der Waals surface area contributed by atoms with Gasteiger partial charge in [-0.1, -0.05) is 6.92 Å². The normalized spacial score (nSPS) is 25.6. The van der Waals surface area contributed by atoms with E-state index in [1.807, 2.05) is 18.7 Å². The fraction of sp³-hybridized carbons (Fsp3) is 0.706. The number of hydrogen-bond acceptors (Lipinski definition) is 5. The van der Waals surface area contributed by atoms with E-state index in [1.54, 1.807) is 6.92 Å². The van der Waals surface area contributed by atoms with E-state index in [0.717, 1.165) is 25.8 Å². The fourth-order valence-electron chi connectivity index (χ4n) is 3.47. The Kier molecular flexibility index (Phi) is 4.38. The van der Waals surface area contributed by atoms with Crippen molar-refractivity contribution in [3.63, 3.8) is 0 Å². The van der Waals surface area contributed by atoms with Crippen molar-refractivity contribution < 1.29 is 14.0 Å². The predicted molar refractivity (Wildman–Crippen MR) is 88.5 cm³/mol. The molecule has 1 aromatic rings. The first-order valence-corrected chi connectivity index (χ1v) is 8.66. The Balaban J connectivity index is 1.67. The van der Waals surface area contributed by atoms with E-state index in [-0.39, 0.29) is 17.9 Å². The molecule has 1 saturated heterocycles. The molecule has 1 aliphatic heterocycles. The molecular weight excluding hydrogens is 308 g/mol. The third kappa shape index (κ3) is 3.31. The maximum Gasteiger partial charge on any atom is 0.289 e. The van der Waals surface area contributed by atoms with E-state index in [4.69, 9.17) is 10.2 Å². The SMILES string of the molecule is CCC(C(N)=O)N1CCC(C)(NC(=O)c2oc(C3CC3)nc2C)C1. The molecule has 132 valence electrons. The van der Waals surface area contributed by atoms with Gasteiger partial charge in [0.05, 0.1) is 17.3 Å². The van der Waals surface area contributed by atoms with Crippen LogP contribution in [0.5, 0.6) is 0 Å². The van der Waals surface area contributed by atoms with E-state index in [2.05, 4.69) is 10.3 Å². The monoisotopic (exact) mass is 334 g/mol. The molecule has 0 spiro atoms. The summed E-state index contributed by atoms with van der Waals surface area (Å²) in [5.41, 5.74) is 5.71. The van der Waals surface area contributed by atoms with Crippen molar-refractivity contribution >= 4 is 11.8 Å². The fourth-order valence-corrected chi connectivity index (χ4v) is 3.47. The molecule has 24 heavy (non-hydrogen) atoms. The number of amides is 2. The summed E-state index contributed by atoms with van der Waals surface area (Å²) in [6.45, 7) is 7.07. The largest absolute Gasteiger partial charge is 0.435 e. The predicted octanol–water partition coefficient (Wildman–Crippen LogP) is 1.32. The minimum Gasteiger partial charge on any atom is -0.435 e. The van der Waals surface area contributed by atoms with Gasteiger partial charge in [0.2, 0.25) is 11.7 Å². The summed E-state index contributed by atoms with van der Waals surface area (Å²) in [6.07, 6.45) is 3.61. The summed E-state index contributed by atoms with van der Waals surface area (Å²) in [5, 5.41) is 3.07. The van der Waals surface area contributed by atoms with Crippen molar-refractivity contribution in [2.75, 3.05) is 13.1 Å². The molecule has 7 nitrogen and oxygen atoms in total. The number of nitrogens with zero attached hydrogens (tertiary/aromatic N) is 2. The zero-order valence-corrected chi connectivity index (χ0v) is 14.6. The number of carbonyl (C=O) groups excluding carboxylic acids is 2. The highest BCUT2D eigenvalue weighted by atomic mass is 16.4. The van der Waals surface area contributed by atoms with Gasteiger partial charge >= 0.3 is 0 Å². The summed E-state index contributed by atoms with van der Waals surface area (Å²) in [7, 11) is 0. The van der Waals surface area contributed by atoms with Gasteiger partial charge < -0.3 is 15.5 Å². The standard InChI is InChI=1S/C17H26N4O3/c1-4-12(14(18)22)21-8-7-17(3,9-21)20-15(23)13-10(2)19-16(24-13)11-5-6-11/h11-12H,4-9H2,1-3H3,(H2,18,22)(H,20,23). The van der Waals surface area contributed by atoms with Gasteiger partial charge in [-0.05, 0) is 39.5 Å². The number of hydrogen-bond donors (Lipinski definition) is 2. The number of likely N-dealkylation sites (tertiary alicyclic amines) is 1. The maximum absolute atomic E-state index is 12.6. The average molecular weight is 334 g/mol. The Morgan fingerprint density at radius 1 is 1.50 bits per heavy atom. The van der Waals surface area contributed by atoms with Gasteiger partial charge in [-0.3, -0.25) is 14.5 Å². The Morgan fingerprint density at radius 2 is 2.21 bits per heavy atom. The highest BCUT2D eigenvalue weighted by Gasteiger charge is 2.40. The lowest BCUT2D eigenvalue weighted by molar-refractivity contribution is -0.123. The van der Waals surface area contributed by atoms with Crippen LogP contribution in [0.3, 0.4) is 0 Å². The van der Waals surface area contributed by atoms with Crippen LogP contribution in [-0.4, -0.2) is 46.4 Å². The molecule has 0 aromatic carbocycles. The van der Waals surface area contributed by atoms with Gasteiger partial charge in [0.25, 0.3) is 5.91 Å². The zero-order valence-electron chi connectivity index (χ0n) is 14.6. The minimum absolute atomic E-state index is 0.233. The number of primary amides is 1. The lowest BCUT2D eigenvalue weighted by atomic mass is 10.0. The molecule has 0 radical (unpaired) electrons. The average Bonchev–Trinajstić information content (AvgIpc) is 3.18. The number of oxazole rings is 1. The molecule has 1 aromatic heterocycles. The van der Waals surface area contributed by atoms with Gasteiger partial charge in [0.1, 0.15) is 0 Å². The van der Waals surface area contributed by atoms with E-state index >= 15 is 0 Å². The molecule has 3 N–H and O–H groups in total. The van der Waals surface area contributed by atoms with Gasteiger partial charge in [0.15, 0.2) is 5.89 Å². The van der Waals surface area contributed by atoms with Gasteiger partial charge in [-0.2, -0.15) is 0 Å². The Bertz CT molecular complexity index is 652. The van der Waals surface area contributed by atoms with Gasteiger partial charge in [-0.15, -0.1) is 0 Å². The molecule has 2 heterocycles. The number of nitrogens with one attached hydrogen (secondary N) is 1. The van der Waals surface area contributed by atoms with Crippen LogP contribution in [0.1, 0.15) is 67.6 Å². The Hall–Kier alpha value is -1.89. The summed E-state index contributed by atoms with van der Waals surface area (Å²) in [4.78, 5) is 30.6. The van der Waals surface area contributed by atoms with Crippen molar-refractivity contribution in [2.24, 2.45) is 5.73 Å². The Morgan fingerprint density at radius 3 is 2.79 bits per heavy atom. The van der Waals surface area contributed by atoms with Crippen molar-refractivity contribution in [2.45, 2.75) is 64.0 Å². The van der Waals surface area contributed by atoms with Crippen molar-refractivity contribution in [3.8, 4) is 0 Å². The van der Waals surface area contributed by atoms with Crippen LogP contribution in [0.2, 0.25) is 0 Å². The third-order valence-corrected chi connectivity index (χ3v) is 5.02. The van der Waals surface area contributed by atoms with Crippen LogP contribution >= 0.6 is 0 Å². The number of aromatic nitrogens is 1. The molecule has 3 rings (SSSR count). The molecule has 2 aliphatic rings. The molecule has 2 atom stereocenters. The van der Waals surface area contributed by atoms with E-state index in [1.165, 1.54) is 0 Å². The molecule has 2 unspecified atom stereocenters. The van der Waals surface area contributed by atoms with E-state index < -0.39 is 5.54 Å². The van der Waals surface area contributed by atoms with Gasteiger partial charge in [-0.25, -0.2) is 4.98 Å². The van der Waals surface area contributed by atoms with Crippen LogP contribution in [0, 0.1) is 6.92 Å². The van der Waals surface area contributed by atoms with Crippen LogP contribution < -0.4 is 11.1 Å². The highest BCUT2D eigenvalue weighted by molar-refractivity contribution is 5.93. The second-order valence-corrected chi connectivity index (χ2v) is 7.30. The summed E-state index contributed by atoms with van der Waals surface area (Å²) < 4.78 is 5.68. The summed E-state index contributed by atoms with van der Waals surface area (Å²) in [6, 6.07) is -0.280. The molecule has 2 amide bonds. The number of carbonyl (C=O) groups is 2. The van der Waals surface area contributed by atoms with Crippen LogP contribution in [0.4, 0.5) is 0 Å². The topological polar surface area (TPSA) is 101 Å².